The number of aromatic nitrogens is 2. The summed E-state index contributed by atoms with van der Waals surface area (Å²) >= 11 is 0. The molecule has 0 saturated heterocycles. The number of hydrogen-bond donors (Lipinski definition) is 1. The van der Waals surface area contributed by atoms with E-state index in [-0.39, 0.29) is 23.1 Å². The Bertz CT molecular complexity index is 665. The lowest BCUT2D eigenvalue weighted by atomic mass is 10.3. The molecule has 2 rings (SSSR count). The number of methoxy groups -OCH3 is 1. The zero-order valence-corrected chi connectivity index (χ0v) is 10.2. The summed E-state index contributed by atoms with van der Waals surface area (Å²) < 4.78 is 23.4. The molecule has 0 bridgehead atoms. The van der Waals surface area contributed by atoms with E-state index in [1.54, 1.807) is 0 Å². The van der Waals surface area contributed by atoms with Crippen LogP contribution < -0.4 is 15.2 Å². The fraction of sp³-hybridized carbons (Fsp3) is 0.0909. The Balaban J connectivity index is 2.42. The summed E-state index contributed by atoms with van der Waals surface area (Å²) in [6, 6.07) is 3.86. The lowest BCUT2D eigenvalue weighted by Gasteiger charge is -2.07. The van der Waals surface area contributed by atoms with Gasteiger partial charge in [0.15, 0.2) is 0 Å². The number of hydrogen-bond acceptors (Lipinski definition) is 7. The number of nitrogen functional groups attached to an aromatic ring is 1. The summed E-state index contributed by atoms with van der Waals surface area (Å²) in [4.78, 5) is 17.2. The van der Waals surface area contributed by atoms with Gasteiger partial charge in [0.25, 0.3) is 5.88 Å². The van der Waals surface area contributed by atoms with Gasteiger partial charge in [-0.15, -0.1) is 0 Å². The van der Waals surface area contributed by atoms with Crippen LogP contribution in [0.5, 0.6) is 17.4 Å². The van der Waals surface area contributed by atoms with E-state index in [0.717, 1.165) is 12.3 Å². The second kappa shape index (κ2) is 5.34. The largest absolute Gasteiger partial charge is 0.496 e. The molecule has 0 amide bonds. The van der Waals surface area contributed by atoms with Crippen molar-refractivity contribution in [2.75, 3.05) is 12.8 Å². The highest BCUT2D eigenvalue weighted by Crippen LogP contribution is 2.34. The number of nitrogens with two attached hydrogens (primary N) is 1. The van der Waals surface area contributed by atoms with Gasteiger partial charge in [-0.05, 0) is 12.1 Å². The predicted molar refractivity (Wildman–Crippen MR) is 66.1 cm³/mol. The van der Waals surface area contributed by atoms with Crippen LogP contribution in [0.3, 0.4) is 0 Å². The molecule has 0 aliphatic rings. The normalized spacial score (nSPS) is 10.1. The highest BCUT2D eigenvalue weighted by Gasteiger charge is 2.19. The summed E-state index contributed by atoms with van der Waals surface area (Å²) in [5.41, 5.74) is 4.91. The second-order valence-electron chi connectivity index (χ2n) is 3.57. The van der Waals surface area contributed by atoms with Gasteiger partial charge in [-0.25, -0.2) is 4.98 Å². The molecule has 1 aromatic carbocycles. The molecule has 2 aromatic rings. The van der Waals surface area contributed by atoms with Gasteiger partial charge in [-0.1, -0.05) is 0 Å². The van der Waals surface area contributed by atoms with Crippen LogP contribution >= 0.6 is 0 Å². The number of ether oxygens (including phenoxy) is 2. The summed E-state index contributed by atoms with van der Waals surface area (Å²) in [7, 11) is 1.37. The SMILES string of the molecule is COc1ccc(Oc2nc(N)ncc2F)c([N+](=O)[O-])c1. The van der Waals surface area contributed by atoms with Crippen LogP contribution in [-0.4, -0.2) is 22.0 Å². The van der Waals surface area contributed by atoms with E-state index in [4.69, 9.17) is 15.2 Å². The monoisotopic (exact) mass is 280 g/mol. The molecule has 0 aliphatic heterocycles. The molecule has 0 atom stereocenters. The highest BCUT2D eigenvalue weighted by atomic mass is 19.1. The van der Waals surface area contributed by atoms with E-state index in [0.29, 0.717) is 0 Å². The average molecular weight is 280 g/mol. The van der Waals surface area contributed by atoms with Crippen molar-refractivity contribution in [1.29, 1.82) is 0 Å². The number of nitro benzene ring substituents is 1. The zero-order valence-electron chi connectivity index (χ0n) is 10.2. The van der Waals surface area contributed by atoms with Crippen molar-refractivity contribution in [1.82, 2.24) is 9.97 Å². The third-order valence-electron chi connectivity index (χ3n) is 2.30. The van der Waals surface area contributed by atoms with Gasteiger partial charge in [-0.3, -0.25) is 10.1 Å². The molecular formula is C11H9FN4O4. The quantitative estimate of drug-likeness (QED) is 0.672. The van der Waals surface area contributed by atoms with E-state index < -0.39 is 16.6 Å². The summed E-state index contributed by atoms with van der Waals surface area (Å²) in [6.07, 6.45) is 0.813. The first-order valence-electron chi connectivity index (χ1n) is 5.29. The van der Waals surface area contributed by atoms with Crippen molar-refractivity contribution in [3.63, 3.8) is 0 Å². The predicted octanol–water partition coefficient (Wildman–Crippen LogP) is 1.91. The van der Waals surface area contributed by atoms with Crippen LogP contribution in [0.4, 0.5) is 16.0 Å². The smallest absolute Gasteiger partial charge is 0.315 e. The van der Waals surface area contributed by atoms with Crippen molar-refractivity contribution < 1.29 is 18.8 Å². The second-order valence-corrected chi connectivity index (χ2v) is 3.57. The Kier molecular flexibility index (Phi) is 3.60. The minimum absolute atomic E-state index is 0.187. The molecule has 0 radical (unpaired) electrons. The summed E-state index contributed by atoms with van der Waals surface area (Å²) in [6.45, 7) is 0. The van der Waals surface area contributed by atoms with Crippen molar-refractivity contribution in [2.24, 2.45) is 0 Å². The first-order chi connectivity index (χ1) is 9.51. The topological polar surface area (TPSA) is 113 Å². The third kappa shape index (κ3) is 2.71. The molecule has 9 heteroatoms. The fourth-order valence-electron chi connectivity index (χ4n) is 1.39. The van der Waals surface area contributed by atoms with Crippen LogP contribution in [0.2, 0.25) is 0 Å². The maximum Gasteiger partial charge on any atom is 0.315 e. The summed E-state index contributed by atoms with van der Waals surface area (Å²) in [5.74, 6) is -1.51. The fourth-order valence-corrected chi connectivity index (χ4v) is 1.39. The number of benzene rings is 1. The Hall–Kier alpha value is -2.97. The minimum atomic E-state index is -0.885. The van der Waals surface area contributed by atoms with Gasteiger partial charge in [0.2, 0.25) is 17.5 Å². The Labute approximate surface area is 112 Å². The van der Waals surface area contributed by atoms with E-state index in [9.17, 15) is 14.5 Å². The van der Waals surface area contributed by atoms with Gasteiger partial charge in [0.05, 0.1) is 24.3 Å². The van der Waals surface area contributed by atoms with Crippen molar-refractivity contribution in [3.8, 4) is 17.4 Å². The van der Waals surface area contributed by atoms with Gasteiger partial charge in [-0.2, -0.15) is 9.37 Å². The molecule has 20 heavy (non-hydrogen) atoms. The number of rotatable bonds is 4. The molecule has 0 fully saturated rings. The highest BCUT2D eigenvalue weighted by molar-refractivity contribution is 5.52. The van der Waals surface area contributed by atoms with Crippen molar-refractivity contribution in [3.05, 3.63) is 40.3 Å². The van der Waals surface area contributed by atoms with Crippen LogP contribution in [0.1, 0.15) is 0 Å². The van der Waals surface area contributed by atoms with Gasteiger partial charge in [0, 0.05) is 0 Å². The standard InChI is InChI=1S/C11H9FN4O4/c1-19-6-2-3-9(8(4-6)16(17)18)20-10-7(12)5-14-11(13)15-10/h2-5H,1H3,(H2,13,14,15). The number of anilines is 1. The van der Waals surface area contributed by atoms with Crippen molar-refractivity contribution >= 4 is 11.6 Å². The lowest BCUT2D eigenvalue weighted by Crippen LogP contribution is -2.01. The molecule has 1 aromatic heterocycles. The maximum atomic E-state index is 13.4. The number of nitrogens with zero attached hydrogens (tertiary/aromatic N) is 3. The molecule has 8 nitrogen and oxygen atoms in total. The van der Waals surface area contributed by atoms with Crippen LogP contribution in [0.25, 0.3) is 0 Å². The van der Waals surface area contributed by atoms with Gasteiger partial charge < -0.3 is 15.2 Å². The molecular weight excluding hydrogens is 271 g/mol. The average Bonchev–Trinajstić information content (AvgIpc) is 2.43. The minimum Gasteiger partial charge on any atom is -0.496 e. The van der Waals surface area contributed by atoms with E-state index in [1.165, 1.54) is 19.2 Å². The van der Waals surface area contributed by atoms with Crippen LogP contribution in [0.15, 0.2) is 24.4 Å². The first-order valence-corrected chi connectivity index (χ1v) is 5.29. The molecule has 0 spiro atoms. The molecule has 0 unspecified atom stereocenters. The summed E-state index contributed by atoms with van der Waals surface area (Å²) in [5, 5.41) is 11.0. The molecule has 0 aliphatic carbocycles. The van der Waals surface area contributed by atoms with E-state index >= 15 is 0 Å². The van der Waals surface area contributed by atoms with Crippen molar-refractivity contribution in [2.45, 2.75) is 0 Å². The Morgan fingerprint density at radius 3 is 2.85 bits per heavy atom. The zero-order chi connectivity index (χ0) is 14.7. The molecule has 0 saturated carbocycles. The third-order valence-corrected chi connectivity index (χ3v) is 2.30. The van der Waals surface area contributed by atoms with E-state index in [1.807, 2.05) is 0 Å². The Morgan fingerprint density at radius 2 is 2.20 bits per heavy atom. The Morgan fingerprint density at radius 1 is 1.45 bits per heavy atom. The van der Waals surface area contributed by atoms with Gasteiger partial charge >= 0.3 is 5.69 Å². The molecule has 104 valence electrons. The number of halogens is 1. The van der Waals surface area contributed by atoms with Crippen LogP contribution in [-0.2, 0) is 0 Å². The van der Waals surface area contributed by atoms with Crippen LogP contribution in [0, 0.1) is 15.9 Å². The maximum absolute atomic E-state index is 13.4. The molecule has 1 heterocycles. The van der Waals surface area contributed by atoms with E-state index in [2.05, 4.69) is 9.97 Å². The first kappa shape index (κ1) is 13.5. The van der Waals surface area contributed by atoms with Gasteiger partial charge in [0.1, 0.15) is 5.75 Å². The lowest BCUT2D eigenvalue weighted by molar-refractivity contribution is -0.385. The molecule has 2 N–H and O–H groups in total. The number of nitro groups is 1.